The van der Waals surface area contributed by atoms with E-state index in [0.29, 0.717) is 13.1 Å². The Hall–Kier alpha value is -1.30. The number of hydrogen-bond donors (Lipinski definition) is 7. The molecule has 0 saturated heterocycles. The zero-order valence-corrected chi connectivity index (χ0v) is 16.8. The second-order valence-corrected chi connectivity index (χ2v) is 7.10. The Bertz CT molecular complexity index is 531. The summed E-state index contributed by atoms with van der Waals surface area (Å²) in [6.07, 6.45) is -2.37. The van der Waals surface area contributed by atoms with E-state index in [-0.39, 0.29) is 19.7 Å². The first-order chi connectivity index (χ1) is 13.9. The van der Waals surface area contributed by atoms with Crippen molar-refractivity contribution in [2.75, 3.05) is 46.0 Å². The number of aryl methyl sites for hydroxylation is 1. The van der Waals surface area contributed by atoms with Gasteiger partial charge in [0.2, 0.25) is 0 Å². The number of hydrogen-bond acceptors (Lipinski definition) is 9. The molecule has 0 spiro atoms. The molecule has 9 heteroatoms. The van der Waals surface area contributed by atoms with Crippen molar-refractivity contribution in [3.8, 4) is 5.75 Å². The molecule has 168 valence electrons. The van der Waals surface area contributed by atoms with Crippen LogP contribution in [0.1, 0.15) is 18.4 Å². The monoisotopic (exact) mass is 416 g/mol. The van der Waals surface area contributed by atoms with E-state index in [4.69, 9.17) is 20.7 Å². The molecule has 0 aliphatic carbocycles. The normalized spacial score (nSPS) is 15.9. The average Bonchev–Trinajstić information content (AvgIpc) is 2.73. The second-order valence-electron chi connectivity index (χ2n) is 7.10. The van der Waals surface area contributed by atoms with Crippen molar-refractivity contribution in [2.24, 2.45) is 5.73 Å². The van der Waals surface area contributed by atoms with E-state index < -0.39 is 37.6 Å². The van der Waals surface area contributed by atoms with Crippen LogP contribution in [-0.2, 0) is 6.42 Å². The van der Waals surface area contributed by atoms with Gasteiger partial charge in [-0.3, -0.25) is 4.90 Å². The van der Waals surface area contributed by atoms with Crippen LogP contribution in [0.4, 0.5) is 0 Å². The molecule has 29 heavy (non-hydrogen) atoms. The highest BCUT2D eigenvalue weighted by atomic mass is 16.5. The van der Waals surface area contributed by atoms with Gasteiger partial charge in [-0.15, -0.1) is 0 Å². The minimum Gasteiger partial charge on any atom is -0.492 e. The molecular weight excluding hydrogens is 380 g/mol. The van der Waals surface area contributed by atoms with Crippen LogP contribution in [0.3, 0.4) is 0 Å². The van der Waals surface area contributed by atoms with E-state index in [1.807, 2.05) is 24.3 Å². The molecule has 0 aliphatic heterocycles. The summed E-state index contributed by atoms with van der Waals surface area (Å²) in [6.45, 7) is -0.0920. The summed E-state index contributed by atoms with van der Waals surface area (Å²) in [4.78, 5) is 1.60. The van der Waals surface area contributed by atoms with Gasteiger partial charge in [0.05, 0.1) is 25.4 Å². The number of para-hydroxylation sites is 1. The van der Waals surface area contributed by atoms with Gasteiger partial charge in [0.1, 0.15) is 24.6 Å². The number of benzene rings is 1. The lowest BCUT2D eigenvalue weighted by Crippen LogP contribution is -2.47. The largest absolute Gasteiger partial charge is 0.492 e. The number of aliphatic hydroxyl groups excluding tert-OH is 6. The molecule has 0 unspecified atom stereocenters. The van der Waals surface area contributed by atoms with Crippen LogP contribution in [-0.4, -0.2) is 106 Å². The van der Waals surface area contributed by atoms with Gasteiger partial charge in [-0.05, 0) is 37.4 Å². The Kier molecular flexibility index (Phi) is 13.0. The van der Waals surface area contributed by atoms with Crippen molar-refractivity contribution in [1.82, 2.24) is 4.90 Å². The van der Waals surface area contributed by atoms with Crippen molar-refractivity contribution in [1.29, 1.82) is 0 Å². The number of nitrogens with zero attached hydrogens (tertiary/aromatic N) is 1. The molecule has 0 saturated carbocycles. The fraction of sp³-hybridized carbons (Fsp3) is 0.700. The van der Waals surface area contributed by atoms with E-state index in [0.717, 1.165) is 30.6 Å². The summed E-state index contributed by atoms with van der Waals surface area (Å²) >= 11 is 0. The number of rotatable bonds is 16. The predicted octanol–water partition coefficient (Wildman–Crippen LogP) is -1.92. The molecule has 1 aromatic rings. The van der Waals surface area contributed by atoms with Crippen molar-refractivity contribution in [2.45, 2.75) is 43.7 Å². The summed E-state index contributed by atoms with van der Waals surface area (Å²) in [6, 6.07) is 7.68. The third-order valence-electron chi connectivity index (χ3n) is 4.69. The zero-order valence-electron chi connectivity index (χ0n) is 16.8. The Morgan fingerprint density at radius 2 is 1.45 bits per heavy atom. The molecule has 1 rings (SSSR count). The van der Waals surface area contributed by atoms with E-state index in [2.05, 4.69) is 0 Å². The Morgan fingerprint density at radius 1 is 0.862 bits per heavy atom. The number of ether oxygens (including phenoxy) is 1. The smallest absolute Gasteiger partial charge is 0.122 e. The first-order valence-corrected chi connectivity index (χ1v) is 10.00. The molecule has 0 bridgehead atoms. The maximum atomic E-state index is 9.98. The summed E-state index contributed by atoms with van der Waals surface area (Å²) in [5, 5.41) is 57.1. The lowest BCUT2D eigenvalue weighted by molar-refractivity contribution is -0.0551. The van der Waals surface area contributed by atoms with Crippen LogP contribution in [0.15, 0.2) is 24.3 Å². The topological polar surface area (TPSA) is 160 Å². The molecule has 0 fully saturated rings. The Morgan fingerprint density at radius 3 is 2.00 bits per heavy atom. The van der Waals surface area contributed by atoms with Crippen molar-refractivity contribution >= 4 is 0 Å². The van der Waals surface area contributed by atoms with Gasteiger partial charge in [-0.25, -0.2) is 0 Å². The first-order valence-electron chi connectivity index (χ1n) is 10.00. The highest BCUT2D eigenvalue weighted by Crippen LogP contribution is 2.20. The molecule has 1 aromatic carbocycles. The van der Waals surface area contributed by atoms with Crippen LogP contribution < -0.4 is 10.5 Å². The molecule has 0 heterocycles. The van der Waals surface area contributed by atoms with Crippen LogP contribution in [0, 0.1) is 0 Å². The maximum Gasteiger partial charge on any atom is 0.122 e. The third-order valence-corrected chi connectivity index (χ3v) is 4.69. The van der Waals surface area contributed by atoms with E-state index >= 15 is 0 Å². The van der Waals surface area contributed by atoms with Crippen LogP contribution in [0.5, 0.6) is 5.75 Å². The van der Waals surface area contributed by atoms with Gasteiger partial charge in [-0.2, -0.15) is 0 Å². The maximum absolute atomic E-state index is 9.98. The SMILES string of the molecule is NCCCCc1ccccc1OCCN(C[C@H](O)[C@H](O)CO)C[C@H](O)[C@H](O)CO. The highest BCUT2D eigenvalue weighted by Gasteiger charge is 2.23. The summed E-state index contributed by atoms with van der Waals surface area (Å²) in [7, 11) is 0. The van der Waals surface area contributed by atoms with Crippen molar-refractivity contribution in [3.05, 3.63) is 29.8 Å². The van der Waals surface area contributed by atoms with E-state index in [1.54, 1.807) is 4.90 Å². The molecule has 8 N–H and O–H groups in total. The predicted molar refractivity (Wildman–Crippen MR) is 109 cm³/mol. The van der Waals surface area contributed by atoms with E-state index in [1.165, 1.54) is 0 Å². The van der Waals surface area contributed by atoms with Gasteiger partial charge in [0.15, 0.2) is 0 Å². The van der Waals surface area contributed by atoms with Crippen molar-refractivity contribution in [3.63, 3.8) is 0 Å². The Balaban J connectivity index is 2.67. The molecule has 0 amide bonds. The third kappa shape index (κ3) is 9.83. The molecule has 4 atom stereocenters. The van der Waals surface area contributed by atoms with Gasteiger partial charge < -0.3 is 41.1 Å². The lowest BCUT2D eigenvalue weighted by Gasteiger charge is -2.29. The fourth-order valence-electron chi connectivity index (χ4n) is 2.87. The van der Waals surface area contributed by atoms with Gasteiger partial charge >= 0.3 is 0 Å². The first kappa shape index (κ1) is 25.7. The fourth-order valence-corrected chi connectivity index (χ4v) is 2.87. The molecule has 0 aliphatic rings. The molecule has 0 aromatic heterocycles. The lowest BCUT2D eigenvalue weighted by atomic mass is 10.1. The standard InChI is InChI=1S/C20H36N2O7/c21-8-4-3-6-15-5-1-2-7-20(15)29-10-9-22(11-16(25)18(27)13-23)12-17(26)19(28)14-24/h1-2,5,7,16-19,23-28H,3-4,6,8-14,21H2/t16-,17-,18+,19+/m0/s1. The molecule has 9 nitrogen and oxygen atoms in total. The molecule has 0 radical (unpaired) electrons. The van der Waals surface area contributed by atoms with Gasteiger partial charge in [-0.1, -0.05) is 18.2 Å². The van der Waals surface area contributed by atoms with Crippen molar-refractivity contribution < 1.29 is 35.4 Å². The number of unbranched alkanes of at least 4 members (excludes halogenated alkanes) is 1. The molecular formula is C20H36N2O7. The number of nitrogens with two attached hydrogens (primary N) is 1. The quantitative estimate of drug-likeness (QED) is 0.152. The van der Waals surface area contributed by atoms with Crippen LogP contribution in [0.25, 0.3) is 0 Å². The van der Waals surface area contributed by atoms with Gasteiger partial charge in [0, 0.05) is 19.6 Å². The van der Waals surface area contributed by atoms with E-state index in [9.17, 15) is 20.4 Å². The highest BCUT2D eigenvalue weighted by molar-refractivity contribution is 5.33. The minimum absolute atomic E-state index is 0.0432. The Labute approximate surface area is 172 Å². The van der Waals surface area contributed by atoms with Gasteiger partial charge in [0.25, 0.3) is 0 Å². The average molecular weight is 417 g/mol. The zero-order chi connectivity index (χ0) is 21.6. The number of aliphatic hydroxyl groups is 6. The summed E-state index contributed by atoms with van der Waals surface area (Å²) < 4.78 is 5.88. The summed E-state index contributed by atoms with van der Waals surface area (Å²) in [5.74, 6) is 0.747. The summed E-state index contributed by atoms with van der Waals surface area (Å²) in [5.41, 5.74) is 6.61. The van der Waals surface area contributed by atoms with Crippen LogP contribution in [0.2, 0.25) is 0 Å². The second kappa shape index (κ2) is 14.6. The van der Waals surface area contributed by atoms with Crippen LogP contribution >= 0.6 is 0 Å². The minimum atomic E-state index is -1.32.